The number of hydrogen-bond acceptors (Lipinski definition) is 5. The smallest absolute Gasteiger partial charge is 0.313 e. The highest BCUT2D eigenvalue weighted by Gasteiger charge is 2.23. The zero-order chi connectivity index (χ0) is 18.1. The van der Waals surface area contributed by atoms with Crippen LogP contribution < -0.4 is 0 Å². The maximum atomic E-state index is 11.4. The molecule has 0 amide bonds. The van der Waals surface area contributed by atoms with E-state index >= 15 is 0 Å². The molecule has 1 aliphatic heterocycles. The monoisotopic (exact) mass is 344 g/mol. The topological polar surface area (TPSA) is 83.7 Å². The molecule has 2 rings (SSSR count). The van der Waals surface area contributed by atoms with E-state index in [0.29, 0.717) is 0 Å². The molecule has 1 aliphatic carbocycles. The van der Waals surface area contributed by atoms with Crippen LogP contribution in [0.15, 0.2) is 60.6 Å². The second-order valence-corrected chi connectivity index (χ2v) is 6.13. The van der Waals surface area contributed by atoms with Gasteiger partial charge in [0.2, 0.25) is 0 Å². The third-order valence-corrected chi connectivity index (χ3v) is 4.15. The van der Waals surface area contributed by atoms with Crippen molar-refractivity contribution in [1.82, 2.24) is 4.90 Å². The lowest BCUT2D eigenvalue weighted by Crippen LogP contribution is -2.15. The first kappa shape index (κ1) is 18.9. The van der Waals surface area contributed by atoms with Crippen molar-refractivity contribution in [2.24, 2.45) is 11.8 Å². The highest BCUT2D eigenvalue weighted by Crippen LogP contribution is 2.18. The molecule has 25 heavy (non-hydrogen) atoms. The normalized spacial score (nSPS) is 20.5. The minimum absolute atomic E-state index is 0.143. The Balaban J connectivity index is 1.79. The summed E-state index contributed by atoms with van der Waals surface area (Å²) >= 11 is 0. The highest BCUT2D eigenvalue weighted by atomic mass is 16.6. The van der Waals surface area contributed by atoms with Crippen LogP contribution in [-0.4, -0.2) is 33.9 Å². The van der Waals surface area contributed by atoms with Gasteiger partial charge in [-0.05, 0) is 18.9 Å². The molecule has 134 valence electrons. The molecular formula is C19H24N2O4. The molecule has 1 atom stereocenters. The highest BCUT2D eigenvalue weighted by molar-refractivity contribution is 6.03. The molecule has 2 aliphatic rings. The Morgan fingerprint density at radius 1 is 1.08 bits per heavy atom. The van der Waals surface area contributed by atoms with Gasteiger partial charge < -0.3 is 10.0 Å². The molecule has 0 radical (unpaired) electrons. The van der Waals surface area contributed by atoms with E-state index in [1.807, 2.05) is 24.6 Å². The second kappa shape index (κ2) is 9.74. The summed E-state index contributed by atoms with van der Waals surface area (Å²) < 4.78 is 0. The fourth-order valence-corrected chi connectivity index (χ4v) is 2.70. The SMILES string of the molecule is O=C1C=CC(/C=C/C2C=CN(CCCCCCO)C=C2)C=C1[N+](=O)[O-]. The Morgan fingerprint density at radius 2 is 1.76 bits per heavy atom. The quantitative estimate of drug-likeness (QED) is 0.301. The molecule has 0 bridgehead atoms. The summed E-state index contributed by atoms with van der Waals surface area (Å²) in [5.41, 5.74) is -0.362. The van der Waals surface area contributed by atoms with Crippen LogP contribution in [0.25, 0.3) is 0 Å². The van der Waals surface area contributed by atoms with Crippen LogP contribution >= 0.6 is 0 Å². The Morgan fingerprint density at radius 3 is 2.44 bits per heavy atom. The first-order valence-electron chi connectivity index (χ1n) is 8.60. The number of rotatable bonds is 9. The number of aliphatic hydroxyl groups is 1. The standard InChI is InChI=1S/C19H24N2O4/c22-14-4-2-1-3-11-20-12-9-16(10-13-20)5-6-17-7-8-19(23)18(15-17)21(24)25/h5-10,12-13,15-17,22H,1-4,11,14H2/b6-5+. The third kappa shape index (κ3) is 6.15. The number of allylic oxidation sites excluding steroid dienone is 7. The molecule has 0 saturated carbocycles. The molecule has 6 heteroatoms. The summed E-state index contributed by atoms with van der Waals surface area (Å²) in [5, 5.41) is 19.6. The van der Waals surface area contributed by atoms with Gasteiger partial charge in [-0.25, -0.2) is 0 Å². The van der Waals surface area contributed by atoms with Crippen molar-refractivity contribution < 1.29 is 14.8 Å². The molecule has 1 N–H and O–H groups in total. The van der Waals surface area contributed by atoms with E-state index in [1.165, 1.54) is 12.2 Å². The molecule has 0 aromatic heterocycles. The molecular weight excluding hydrogens is 320 g/mol. The molecule has 0 spiro atoms. The molecule has 0 aromatic carbocycles. The van der Waals surface area contributed by atoms with Gasteiger partial charge >= 0.3 is 5.70 Å². The van der Waals surface area contributed by atoms with Crippen molar-refractivity contribution in [3.63, 3.8) is 0 Å². The summed E-state index contributed by atoms with van der Waals surface area (Å²) in [6.45, 7) is 1.22. The predicted octanol–water partition coefficient (Wildman–Crippen LogP) is 2.97. The summed E-state index contributed by atoms with van der Waals surface area (Å²) in [6.07, 6.45) is 20.5. The lowest BCUT2D eigenvalue weighted by atomic mass is 9.97. The summed E-state index contributed by atoms with van der Waals surface area (Å²) in [6, 6.07) is 0. The van der Waals surface area contributed by atoms with E-state index in [9.17, 15) is 14.9 Å². The maximum Gasteiger partial charge on any atom is 0.313 e. The first-order chi connectivity index (χ1) is 12.1. The number of unbranched alkanes of at least 4 members (excludes halogenated alkanes) is 3. The van der Waals surface area contributed by atoms with Crippen LogP contribution in [-0.2, 0) is 4.79 Å². The van der Waals surface area contributed by atoms with E-state index in [1.54, 1.807) is 6.08 Å². The van der Waals surface area contributed by atoms with E-state index in [-0.39, 0.29) is 24.1 Å². The van der Waals surface area contributed by atoms with Crippen molar-refractivity contribution in [3.8, 4) is 0 Å². The van der Waals surface area contributed by atoms with E-state index in [2.05, 4.69) is 17.1 Å². The average molecular weight is 344 g/mol. The fraction of sp³-hybridized carbons (Fsp3) is 0.421. The van der Waals surface area contributed by atoms with Crippen LogP contribution in [0, 0.1) is 22.0 Å². The predicted molar refractivity (Wildman–Crippen MR) is 95.9 cm³/mol. The van der Waals surface area contributed by atoms with Crippen LogP contribution in [0.2, 0.25) is 0 Å². The van der Waals surface area contributed by atoms with E-state index < -0.39 is 10.7 Å². The number of hydrogen-bond donors (Lipinski definition) is 1. The maximum absolute atomic E-state index is 11.4. The van der Waals surface area contributed by atoms with Gasteiger partial charge in [0.1, 0.15) is 0 Å². The fourth-order valence-electron chi connectivity index (χ4n) is 2.70. The summed E-state index contributed by atoms with van der Waals surface area (Å²) in [4.78, 5) is 23.7. The Hall–Kier alpha value is -2.47. The van der Waals surface area contributed by atoms with Gasteiger partial charge in [0, 0.05) is 43.5 Å². The third-order valence-electron chi connectivity index (χ3n) is 4.15. The molecule has 0 saturated heterocycles. The Kier molecular flexibility index (Phi) is 7.35. The van der Waals surface area contributed by atoms with Crippen molar-refractivity contribution in [2.45, 2.75) is 25.7 Å². The minimum atomic E-state index is -0.633. The van der Waals surface area contributed by atoms with Gasteiger partial charge in [-0.1, -0.05) is 43.2 Å². The second-order valence-electron chi connectivity index (χ2n) is 6.13. The number of carbonyl (C=O) groups excluding carboxylic acids is 1. The average Bonchev–Trinajstić information content (AvgIpc) is 2.61. The van der Waals surface area contributed by atoms with Crippen molar-refractivity contribution in [1.29, 1.82) is 0 Å². The van der Waals surface area contributed by atoms with Crippen molar-refractivity contribution >= 4 is 5.78 Å². The van der Waals surface area contributed by atoms with E-state index in [4.69, 9.17) is 5.11 Å². The van der Waals surface area contributed by atoms with Gasteiger partial charge in [-0.2, -0.15) is 0 Å². The molecule has 1 heterocycles. The number of carbonyl (C=O) groups is 1. The lowest BCUT2D eigenvalue weighted by molar-refractivity contribution is -0.418. The minimum Gasteiger partial charge on any atom is -0.396 e. The van der Waals surface area contributed by atoms with Crippen LogP contribution in [0.3, 0.4) is 0 Å². The summed E-state index contributed by atoms with van der Waals surface area (Å²) in [5.74, 6) is -0.643. The zero-order valence-corrected chi connectivity index (χ0v) is 14.2. The van der Waals surface area contributed by atoms with Crippen LogP contribution in [0.5, 0.6) is 0 Å². The number of nitrogens with zero attached hydrogens (tertiary/aromatic N) is 2. The Labute approximate surface area is 147 Å². The van der Waals surface area contributed by atoms with Gasteiger partial charge in [-0.3, -0.25) is 14.9 Å². The number of nitro groups is 1. The van der Waals surface area contributed by atoms with Crippen LogP contribution in [0.4, 0.5) is 0 Å². The van der Waals surface area contributed by atoms with Gasteiger partial charge in [-0.15, -0.1) is 0 Å². The molecule has 0 aromatic rings. The number of aliphatic hydroxyl groups excluding tert-OH is 1. The molecule has 6 nitrogen and oxygen atoms in total. The van der Waals surface area contributed by atoms with E-state index in [0.717, 1.165) is 32.2 Å². The first-order valence-corrected chi connectivity index (χ1v) is 8.60. The van der Waals surface area contributed by atoms with Crippen LogP contribution in [0.1, 0.15) is 25.7 Å². The van der Waals surface area contributed by atoms with Gasteiger partial charge in [0.05, 0.1) is 4.92 Å². The molecule has 0 fully saturated rings. The van der Waals surface area contributed by atoms with Crippen molar-refractivity contribution in [2.75, 3.05) is 13.2 Å². The van der Waals surface area contributed by atoms with Crippen molar-refractivity contribution in [3.05, 3.63) is 70.7 Å². The zero-order valence-electron chi connectivity index (χ0n) is 14.2. The largest absolute Gasteiger partial charge is 0.396 e. The molecule has 1 unspecified atom stereocenters. The Bertz CT molecular complexity index is 617. The summed E-state index contributed by atoms with van der Waals surface area (Å²) in [7, 11) is 0. The van der Waals surface area contributed by atoms with Gasteiger partial charge in [0.25, 0.3) is 5.78 Å². The number of ketones is 1. The van der Waals surface area contributed by atoms with Gasteiger partial charge in [0.15, 0.2) is 0 Å². The lowest BCUT2D eigenvalue weighted by Gasteiger charge is -2.20.